The quantitative estimate of drug-likeness (QED) is 0.463. The zero-order valence-corrected chi connectivity index (χ0v) is 15.8. The summed E-state index contributed by atoms with van der Waals surface area (Å²) in [6, 6.07) is 14.4. The molecule has 0 unspecified atom stereocenters. The van der Waals surface area contributed by atoms with Gasteiger partial charge >= 0.3 is 12.0 Å². The fourth-order valence-electron chi connectivity index (χ4n) is 2.91. The minimum atomic E-state index is 0.165. The number of halogens is 2. The summed E-state index contributed by atoms with van der Waals surface area (Å²) < 4.78 is 11.0. The van der Waals surface area contributed by atoms with Crippen molar-refractivity contribution in [2.45, 2.75) is 0 Å². The van der Waals surface area contributed by atoms with E-state index in [4.69, 9.17) is 32.7 Å². The van der Waals surface area contributed by atoms with E-state index in [0.717, 1.165) is 27.4 Å². The molecule has 138 valence electrons. The van der Waals surface area contributed by atoms with Crippen LogP contribution in [0.2, 0.25) is 0 Å². The fraction of sp³-hybridized carbons (Fsp3) is 0.211. The SMILES string of the molecule is ClCCOc1nc(OCCCl)nc(-c2cccc3c2[nH]c2ccccc23)n1. The smallest absolute Gasteiger partial charge is 0.323 e. The van der Waals surface area contributed by atoms with Crippen LogP contribution in [0.25, 0.3) is 33.2 Å². The number of fused-ring (bicyclic) bond motifs is 3. The van der Waals surface area contributed by atoms with Gasteiger partial charge in [0.1, 0.15) is 13.2 Å². The lowest BCUT2D eigenvalue weighted by Crippen LogP contribution is -2.08. The number of ether oxygens (including phenoxy) is 2. The number of H-pyrrole nitrogens is 1. The third kappa shape index (κ3) is 3.63. The molecule has 2 aromatic carbocycles. The highest BCUT2D eigenvalue weighted by molar-refractivity contribution is 6.18. The minimum Gasteiger partial charge on any atom is -0.462 e. The van der Waals surface area contributed by atoms with Gasteiger partial charge in [-0.05, 0) is 12.1 Å². The number of alkyl halides is 2. The maximum absolute atomic E-state index is 5.71. The highest BCUT2D eigenvalue weighted by atomic mass is 35.5. The number of benzene rings is 2. The fourth-order valence-corrected chi connectivity index (χ4v) is 3.06. The van der Waals surface area contributed by atoms with Crippen LogP contribution >= 0.6 is 23.2 Å². The summed E-state index contributed by atoms with van der Waals surface area (Å²) in [5.41, 5.74) is 2.82. The van der Waals surface area contributed by atoms with Crippen LogP contribution in [0, 0.1) is 0 Å². The molecule has 0 bridgehead atoms. The van der Waals surface area contributed by atoms with Crippen LogP contribution in [0.4, 0.5) is 0 Å². The Morgan fingerprint density at radius 1 is 0.778 bits per heavy atom. The van der Waals surface area contributed by atoms with Gasteiger partial charge in [-0.3, -0.25) is 0 Å². The second-order valence-electron chi connectivity index (χ2n) is 5.70. The van der Waals surface area contributed by atoms with E-state index in [1.807, 2.05) is 30.3 Å². The molecule has 4 rings (SSSR count). The maximum atomic E-state index is 5.71. The molecule has 0 aliphatic heterocycles. The van der Waals surface area contributed by atoms with Crippen molar-refractivity contribution in [2.24, 2.45) is 0 Å². The number of hydrogen-bond acceptors (Lipinski definition) is 5. The number of hydrogen-bond donors (Lipinski definition) is 1. The molecule has 2 aromatic heterocycles. The number of aromatic nitrogens is 4. The van der Waals surface area contributed by atoms with E-state index in [0.29, 0.717) is 17.6 Å². The molecule has 0 fully saturated rings. The summed E-state index contributed by atoms with van der Waals surface area (Å²) in [5, 5.41) is 2.23. The Morgan fingerprint density at radius 2 is 1.44 bits per heavy atom. The summed E-state index contributed by atoms with van der Waals surface area (Å²) in [6.45, 7) is 0.576. The molecule has 8 heteroatoms. The van der Waals surface area contributed by atoms with Gasteiger partial charge in [-0.15, -0.1) is 28.2 Å². The van der Waals surface area contributed by atoms with Crippen LogP contribution in [0.5, 0.6) is 12.0 Å². The first-order valence-corrected chi connectivity index (χ1v) is 9.50. The third-order valence-electron chi connectivity index (χ3n) is 3.99. The summed E-state index contributed by atoms with van der Waals surface area (Å²) in [7, 11) is 0. The van der Waals surface area contributed by atoms with Crippen molar-refractivity contribution in [3.05, 3.63) is 42.5 Å². The van der Waals surface area contributed by atoms with Gasteiger partial charge in [-0.1, -0.05) is 30.3 Å². The minimum absolute atomic E-state index is 0.165. The summed E-state index contributed by atoms with van der Waals surface area (Å²) in [5.74, 6) is 1.11. The van der Waals surface area contributed by atoms with Gasteiger partial charge in [-0.2, -0.15) is 9.97 Å². The second-order valence-corrected chi connectivity index (χ2v) is 6.45. The molecule has 0 spiro atoms. The zero-order valence-electron chi connectivity index (χ0n) is 14.3. The number of para-hydroxylation sites is 2. The Bertz CT molecular complexity index is 1060. The monoisotopic (exact) mass is 402 g/mol. The summed E-state index contributed by atoms with van der Waals surface area (Å²) >= 11 is 11.4. The molecule has 0 saturated heterocycles. The molecule has 27 heavy (non-hydrogen) atoms. The van der Waals surface area contributed by atoms with Crippen LogP contribution < -0.4 is 9.47 Å². The summed E-state index contributed by atoms with van der Waals surface area (Å²) in [6.07, 6.45) is 0. The van der Waals surface area contributed by atoms with E-state index in [-0.39, 0.29) is 25.2 Å². The molecule has 2 heterocycles. The molecule has 6 nitrogen and oxygen atoms in total. The molecule has 0 aliphatic carbocycles. The molecule has 0 saturated carbocycles. The van der Waals surface area contributed by atoms with Gasteiger partial charge in [0.25, 0.3) is 0 Å². The van der Waals surface area contributed by atoms with Crippen molar-refractivity contribution in [2.75, 3.05) is 25.0 Å². The Labute approximate surface area is 165 Å². The molecule has 4 aromatic rings. The number of aromatic amines is 1. The topological polar surface area (TPSA) is 72.9 Å². The van der Waals surface area contributed by atoms with Crippen molar-refractivity contribution in [3.8, 4) is 23.4 Å². The van der Waals surface area contributed by atoms with Gasteiger partial charge in [0.05, 0.1) is 17.3 Å². The Balaban J connectivity index is 1.86. The van der Waals surface area contributed by atoms with Gasteiger partial charge < -0.3 is 14.5 Å². The van der Waals surface area contributed by atoms with Crippen LogP contribution in [-0.4, -0.2) is 44.9 Å². The zero-order chi connectivity index (χ0) is 18.6. The first kappa shape index (κ1) is 17.8. The van der Waals surface area contributed by atoms with Gasteiger partial charge in [0, 0.05) is 21.9 Å². The van der Waals surface area contributed by atoms with E-state index >= 15 is 0 Å². The highest BCUT2D eigenvalue weighted by Gasteiger charge is 2.15. The van der Waals surface area contributed by atoms with Crippen LogP contribution in [0.1, 0.15) is 0 Å². The molecular formula is C19H16Cl2N4O2. The maximum Gasteiger partial charge on any atom is 0.323 e. The lowest BCUT2D eigenvalue weighted by molar-refractivity contribution is 0.282. The molecule has 0 aliphatic rings. The third-order valence-corrected chi connectivity index (χ3v) is 4.30. The second kappa shape index (κ2) is 7.98. The predicted molar refractivity (Wildman–Crippen MR) is 107 cm³/mol. The number of nitrogens with zero attached hydrogens (tertiary/aromatic N) is 3. The van der Waals surface area contributed by atoms with Crippen molar-refractivity contribution in [3.63, 3.8) is 0 Å². The van der Waals surface area contributed by atoms with Gasteiger partial charge in [-0.25, -0.2) is 0 Å². The largest absolute Gasteiger partial charge is 0.462 e. The first-order valence-electron chi connectivity index (χ1n) is 8.43. The van der Waals surface area contributed by atoms with Gasteiger partial charge in [0.15, 0.2) is 5.82 Å². The van der Waals surface area contributed by atoms with Crippen LogP contribution in [0.15, 0.2) is 42.5 Å². The average Bonchev–Trinajstić information content (AvgIpc) is 3.09. The van der Waals surface area contributed by atoms with E-state index in [9.17, 15) is 0 Å². The highest BCUT2D eigenvalue weighted by Crippen LogP contribution is 2.32. The lowest BCUT2D eigenvalue weighted by Gasteiger charge is -2.09. The average molecular weight is 403 g/mol. The van der Waals surface area contributed by atoms with Crippen molar-refractivity contribution in [1.29, 1.82) is 0 Å². The van der Waals surface area contributed by atoms with E-state index in [2.05, 4.69) is 32.1 Å². The number of rotatable bonds is 7. The standard InChI is InChI=1S/C19H16Cl2N4O2/c20-8-10-26-18-23-17(24-19(25-18)27-11-9-21)14-6-3-5-13-12-4-1-2-7-15(12)22-16(13)14/h1-7,22H,8-11H2. The molecule has 0 atom stereocenters. The molecule has 1 N–H and O–H groups in total. The molecular weight excluding hydrogens is 387 g/mol. The van der Waals surface area contributed by atoms with Gasteiger partial charge in [0.2, 0.25) is 0 Å². The number of nitrogens with one attached hydrogen (secondary N) is 1. The van der Waals surface area contributed by atoms with Crippen molar-refractivity contribution >= 4 is 45.0 Å². The normalized spacial score (nSPS) is 11.2. The lowest BCUT2D eigenvalue weighted by atomic mass is 10.1. The van der Waals surface area contributed by atoms with E-state index < -0.39 is 0 Å². The molecule has 0 amide bonds. The summed E-state index contributed by atoms with van der Waals surface area (Å²) in [4.78, 5) is 16.5. The predicted octanol–water partition coefficient (Wildman–Crippen LogP) is 4.41. The van der Waals surface area contributed by atoms with E-state index in [1.54, 1.807) is 0 Å². The van der Waals surface area contributed by atoms with Crippen LogP contribution in [0.3, 0.4) is 0 Å². The van der Waals surface area contributed by atoms with E-state index in [1.165, 1.54) is 0 Å². The Kier molecular flexibility index (Phi) is 5.27. The molecule has 0 radical (unpaired) electrons. The Hall–Kier alpha value is -2.57. The van der Waals surface area contributed by atoms with Crippen LogP contribution in [-0.2, 0) is 0 Å². The van der Waals surface area contributed by atoms with Crippen molar-refractivity contribution < 1.29 is 9.47 Å². The first-order chi connectivity index (χ1) is 13.3. The Morgan fingerprint density at radius 3 is 2.15 bits per heavy atom. The van der Waals surface area contributed by atoms with Crippen molar-refractivity contribution in [1.82, 2.24) is 19.9 Å².